The van der Waals surface area contributed by atoms with Gasteiger partial charge in [-0.1, -0.05) is 0 Å². The molecule has 0 fully saturated rings. The topological polar surface area (TPSA) is 110 Å². The second kappa shape index (κ2) is 5.19. The molecule has 0 aliphatic heterocycles. The molecule has 2 aromatic rings. The fourth-order valence-electron chi connectivity index (χ4n) is 1.88. The summed E-state index contributed by atoms with van der Waals surface area (Å²) in [6.45, 7) is 1.47. The second-order valence-corrected chi connectivity index (χ2v) is 4.29. The molecule has 0 aliphatic rings. The Labute approximate surface area is 118 Å². The number of rotatable bonds is 4. The van der Waals surface area contributed by atoms with Crippen LogP contribution in [-0.4, -0.2) is 25.8 Å². The van der Waals surface area contributed by atoms with Gasteiger partial charge in [0, 0.05) is 7.05 Å². The Balaban J connectivity index is 2.44. The minimum absolute atomic E-state index is 0.0134. The van der Waals surface area contributed by atoms with Crippen LogP contribution in [0.4, 0.5) is 21.6 Å². The van der Waals surface area contributed by atoms with Crippen molar-refractivity contribution in [2.24, 2.45) is 7.05 Å². The summed E-state index contributed by atoms with van der Waals surface area (Å²) >= 11 is 0. The highest BCUT2D eigenvalue weighted by atomic mass is 19.1. The molecule has 0 aliphatic carbocycles. The third-order valence-corrected chi connectivity index (χ3v) is 2.84. The van der Waals surface area contributed by atoms with Crippen molar-refractivity contribution >= 4 is 23.2 Å². The highest BCUT2D eigenvalue weighted by Gasteiger charge is 2.24. The zero-order valence-electron chi connectivity index (χ0n) is 11.1. The molecule has 9 heteroatoms. The number of nitrogens with one attached hydrogen (secondary N) is 1. The highest BCUT2D eigenvalue weighted by Crippen LogP contribution is 2.31. The molecule has 2 N–H and O–H groups in total. The van der Waals surface area contributed by atoms with Crippen molar-refractivity contribution in [3.05, 3.63) is 45.4 Å². The van der Waals surface area contributed by atoms with Gasteiger partial charge in [0.15, 0.2) is 0 Å². The number of aryl methyl sites for hydroxylation is 2. The molecule has 0 unspecified atom stereocenters. The van der Waals surface area contributed by atoms with E-state index in [0.29, 0.717) is 0 Å². The van der Waals surface area contributed by atoms with Crippen LogP contribution >= 0.6 is 0 Å². The molecular formula is C12H11FN4O4. The maximum atomic E-state index is 13.8. The minimum Gasteiger partial charge on any atom is -0.478 e. The van der Waals surface area contributed by atoms with Gasteiger partial charge in [-0.15, -0.1) is 0 Å². The molecular weight excluding hydrogens is 283 g/mol. The number of carboxylic acid groups (broad SMARTS) is 1. The third kappa shape index (κ3) is 2.66. The van der Waals surface area contributed by atoms with E-state index in [0.717, 1.165) is 6.07 Å². The number of anilines is 2. The first kappa shape index (κ1) is 14.4. The summed E-state index contributed by atoms with van der Waals surface area (Å²) in [5.41, 5.74) is -0.369. The maximum Gasteiger partial charge on any atom is 0.335 e. The molecule has 0 atom stereocenters. The van der Waals surface area contributed by atoms with Crippen molar-refractivity contribution in [2.75, 3.05) is 5.32 Å². The molecule has 2 rings (SSSR count). The zero-order valence-corrected chi connectivity index (χ0v) is 11.1. The van der Waals surface area contributed by atoms with Gasteiger partial charge in [0.25, 0.3) is 0 Å². The second-order valence-electron chi connectivity index (χ2n) is 4.29. The minimum atomic E-state index is -1.26. The van der Waals surface area contributed by atoms with E-state index in [1.807, 2.05) is 0 Å². The Morgan fingerprint density at radius 1 is 1.52 bits per heavy atom. The lowest BCUT2D eigenvalue weighted by atomic mass is 10.2. The lowest BCUT2D eigenvalue weighted by Crippen LogP contribution is -2.04. The molecule has 110 valence electrons. The number of hydrogen-bond donors (Lipinski definition) is 2. The Kier molecular flexibility index (Phi) is 3.57. The van der Waals surface area contributed by atoms with Crippen LogP contribution in [0.1, 0.15) is 16.1 Å². The normalized spacial score (nSPS) is 10.4. The van der Waals surface area contributed by atoms with Gasteiger partial charge in [-0.2, -0.15) is 5.10 Å². The van der Waals surface area contributed by atoms with E-state index in [-0.39, 0.29) is 28.5 Å². The number of halogens is 1. The van der Waals surface area contributed by atoms with Gasteiger partial charge in [0.1, 0.15) is 11.5 Å². The molecule has 1 heterocycles. The van der Waals surface area contributed by atoms with Crippen molar-refractivity contribution in [3.63, 3.8) is 0 Å². The number of nitrogens with zero attached hydrogens (tertiary/aromatic N) is 3. The van der Waals surface area contributed by atoms with Gasteiger partial charge in [-0.3, -0.25) is 10.1 Å². The standard InChI is InChI=1S/C12H11FN4O4/c1-6-10(17(20)21)11(16(2)15-6)14-9-4-3-7(12(18)19)5-8(9)13/h3-5,14H,1-2H3,(H,18,19). The van der Waals surface area contributed by atoms with E-state index in [9.17, 15) is 19.3 Å². The fourth-order valence-corrected chi connectivity index (χ4v) is 1.88. The van der Waals surface area contributed by atoms with Crippen molar-refractivity contribution in [3.8, 4) is 0 Å². The number of carboxylic acids is 1. The summed E-state index contributed by atoms with van der Waals surface area (Å²) in [4.78, 5) is 21.1. The molecule has 0 saturated carbocycles. The van der Waals surface area contributed by atoms with Crippen LogP contribution in [0.2, 0.25) is 0 Å². The van der Waals surface area contributed by atoms with Gasteiger partial charge in [-0.05, 0) is 25.1 Å². The average molecular weight is 294 g/mol. The lowest BCUT2D eigenvalue weighted by Gasteiger charge is -2.07. The largest absolute Gasteiger partial charge is 0.478 e. The van der Waals surface area contributed by atoms with Crippen LogP contribution in [0.5, 0.6) is 0 Å². The quantitative estimate of drug-likeness (QED) is 0.660. The van der Waals surface area contributed by atoms with Gasteiger partial charge in [0.2, 0.25) is 5.82 Å². The summed E-state index contributed by atoms with van der Waals surface area (Å²) in [6, 6.07) is 3.23. The molecule has 8 nitrogen and oxygen atoms in total. The molecule has 0 spiro atoms. The van der Waals surface area contributed by atoms with Crippen LogP contribution in [0.25, 0.3) is 0 Å². The van der Waals surface area contributed by atoms with E-state index in [4.69, 9.17) is 5.11 Å². The van der Waals surface area contributed by atoms with Crippen LogP contribution in [0.3, 0.4) is 0 Å². The zero-order chi connectivity index (χ0) is 15.7. The summed E-state index contributed by atoms with van der Waals surface area (Å²) in [5, 5.41) is 26.2. The Bertz CT molecular complexity index is 741. The molecule has 0 saturated heterocycles. The van der Waals surface area contributed by atoms with E-state index < -0.39 is 16.7 Å². The Hall–Kier alpha value is -2.97. The fraction of sp³-hybridized carbons (Fsp3) is 0.167. The van der Waals surface area contributed by atoms with Crippen molar-refractivity contribution in [2.45, 2.75) is 6.92 Å². The monoisotopic (exact) mass is 294 g/mol. The average Bonchev–Trinajstić information content (AvgIpc) is 2.66. The first-order chi connectivity index (χ1) is 9.81. The molecule has 1 aromatic carbocycles. The summed E-state index contributed by atoms with van der Waals surface area (Å²) in [7, 11) is 1.48. The number of aromatic carboxylic acids is 1. The third-order valence-electron chi connectivity index (χ3n) is 2.84. The van der Waals surface area contributed by atoms with Crippen molar-refractivity contribution in [1.82, 2.24) is 9.78 Å². The van der Waals surface area contributed by atoms with Gasteiger partial charge < -0.3 is 10.4 Å². The molecule has 0 bridgehead atoms. The SMILES string of the molecule is Cc1nn(C)c(Nc2ccc(C(=O)O)cc2F)c1[N+](=O)[O-]. The van der Waals surface area contributed by atoms with E-state index in [1.54, 1.807) is 0 Å². The smallest absolute Gasteiger partial charge is 0.335 e. The number of carbonyl (C=O) groups is 1. The van der Waals surface area contributed by atoms with E-state index in [2.05, 4.69) is 10.4 Å². The van der Waals surface area contributed by atoms with Gasteiger partial charge in [0.05, 0.1) is 16.2 Å². The van der Waals surface area contributed by atoms with Crippen LogP contribution in [0.15, 0.2) is 18.2 Å². The van der Waals surface area contributed by atoms with E-state index >= 15 is 0 Å². The van der Waals surface area contributed by atoms with Gasteiger partial charge in [-0.25, -0.2) is 13.9 Å². The predicted molar refractivity (Wildman–Crippen MR) is 71.2 cm³/mol. The van der Waals surface area contributed by atoms with Crippen LogP contribution < -0.4 is 5.32 Å². The lowest BCUT2D eigenvalue weighted by molar-refractivity contribution is -0.384. The highest BCUT2D eigenvalue weighted by molar-refractivity contribution is 5.88. The van der Waals surface area contributed by atoms with Crippen molar-refractivity contribution in [1.29, 1.82) is 0 Å². The van der Waals surface area contributed by atoms with Crippen LogP contribution in [0, 0.1) is 22.9 Å². The van der Waals surface area contributed by atoms with E-state index in [1.165, 1.54) is 30.8 Å². The summed E-state index contributed by atoms with van der Waals surface area (Å²) in [5.74, 6) is -2.08. The van der Waals surface area contributed by atoms with Crippen LogP contribution in [-0.2, 0) is 7.05 Å². The first-order valence-corrected chi connectivity index (χ1v) is 5.79. The van der Waals surface area contributed by atoms with Crippen molar-refractivity contribution < 1.29 is 19.2 Å². The Morgan fingerprint density at radius 3 is 2.71 bits per heavy atom. The summed E-state index contributed by atoms with van der Waals surface area (Å²) < 4.78 is 15.1. The molecule has 1 aromatic heterocycles. The molecule has 21 heavy (non-hydrogen) atoms. The molecule has 0 radical (unpaired) electrons. The number of hydrogen-bond acceptors (Lipinski definition) is 5. The predicted octanol–water partition coefficient (Wildman–Crippen LogP) is 2.22. The number of aromatic nitrogens is 2. The maximum absolute atomic E-state index is 13.8. The molecule has 0 amide bonds. The number of nitro groups is 1. The Morgan fingerprint density at radius 2 is 2.19 bits per heavy atom. The van der Waals surface area contributed by atoms with Gasteiger partial charge >= 0.3 is 11.7 Å². The number of benzene rings is 1. The first-order valence-electron chi connectivity index (χ1n) is 5.79. The summed E-state index contributed by atoms with van der Waals surface area (Å²) in [6.07, 6.45) is 0.